The molecule has 0 aliphatic heterocycles. The van der Waals surface area contributed by atoms with Crippen LogP contribution in [0.1, 0.15) is 63.2 Å². The van der Waals surface area contributed by atoms with Crippen LogP contribution >= 0.6 is 11.3 Å². The molecule has 126 valence electrons. The lowest BCUT2D eigenvalue weighted by atomic mass is 9.93. The molecule has 0 aliphatic rings. The summed E-state index contributed by atoms with van der Waals surface area (Å²) < 4.78 is 1.78. The number of carbonyl (C=O) groups excluding carboxylic acids is 1. The Labute approximate surface area is 140 Å². The van der Waals surface area contributed by atoms with Crippen molar-refractivity contribution in [3.8, 4) is 0 Å². The van der Waals surface area contributed by atoms with Crippen molar-refractivity contribution < 1.29 is 4.79 Å². The van der Waals surface area contributed by atoms with E-state index in [9.17, 15) is 4.79 Å². The maximum absolute atomic E-state index is 12.1. The van der Waals surface area contributed by atoms with Gasteiger partial charge in [-0.3, -0.25) is 0 Å². The number of thiazole rings is 1. The monoisotopic (exact) mass is 336 g/mol. The predicted molar refractivity (Wildman–Crippen MR) is 90.3 cm³/mol. The summed E-state index contributed by atoms with van der Waals surface area (Å²) >= 11 is 1.57. The van der Waals surface area contributed by atoms with Gasteiger partial charge >= 0.3 is 6.03 Å². The molecule has 0 aromatic carbocycles. The highest BCUT2D eigenvalue weighted by Crippen LogP contribution is 2.26. The zero-order chi connectivity index (χ0) is 17.2. The lowest BCUT2D eigenvalue weighted by Crippen LogP contribution is -2.39. The maximum atomic E-state index is 12.1. The van der Waals surface area contributed by atoms with Crippen molar-refractivity contribution in [3.63, 3.8) is 0 Å². The van der Waals surface area contributed by atoms with Crippen LogP contribution in [0.4, 0.5) is 4.79 Å². The minimum absolute atomic E-state index is 0.0104. The number of aryl methyl sites for hydroxylation is 1. The van der Waals surface area contributed by atoms with E-state index in [0.29, 0.717) is 5.82 Å². The van der Waals surface area contributed by atoms with Gasteiger partial charge in [0.25, 0.3) is 0 Å². The van der Waals surface area contributed by atoms with Gasteiger partial charge in [0.05, 0.1) is 17.8 Å². The lowest BCUT2D eigenvalue weighted by Gasteiger charge is -2.17. The van der Waals surface area contributed by atoms with E-state index in [0.717, 1.165) is 10.7 Å². The second-order valence-corrected chi connectivity index (χ2v) is 7.57. The van der Waals surface area contributed by atoms with Crippen molar-refractivity contribution in [3.05, 3.63) is 28.2 Å². The SMILES string of the molecule is CC(NC(=O)NC(C)c1nncn1C)c1nc(C(C)(C)C)cs1. The Kier molecular flexibility index (Phi) is 5.03. The molecule has 0 aliphatic carbocycles. The van der Waals surface area contributed by atoms with Gasteiger partial charge in [-0.05, 0) is 13.8 Å². The summed E-state index contributed by atoms with van der Waals surface area (Å²) in [6.07, 6.45) is 1.61. The van der Waals surface area contributed by atoms with Crippen molar-refractivity contribution in [1.82, 2.24) is 30.4 Å². The molecule has 0 fully saturated rings. The van der Waals surface area contributed by atoms with Crippen molar-refractivity contribution in [2.45, 2.75) is 52.1 Å². The normalized spacial score (nSPS) is 14.3. The van der Waals surface area contributed by atoms with Crippen LogP contribution in [-0.2, 0) is 12.5 Å². The topological polar surface area (TPSA) is 84.7 Å². The zero-order valence-corrected chi connectivity index (χ0v) is 15.2. The molecule has 0 bridgehead atoms. The van der Waals surface area contributed by atoms with E-state index in [1.807, 2.05) is 26.3 Å². The Morgan fingerprint density at radius 1 is 1.26 bits per heavy atom. The van der Waals surface area contributed by atoms with Gasteiger partial charge in [0, 0.05) is 17.8 Å². The number of carbonyl (C=O) groups is 1. The Bertz CT molecular complexity index is 672. The number of hydrogen-bond donors (Lipinski definition) is 2. The van der Waals surface area contributed by atoms with E-state index in [4.69, 9.17) is 0 Å². The van der Waals surface area contributed by atoms with Crippen LogP contribution < -0.4 is 10.6 Å². The Morgan fingerprint density at radius 2 is 1.91 bits per heavy atom. The number of nitrogens with zero attached hydrogens (tertiary/aromatic N) is 4. The molecule has 8 heteroatoms. The molecule has 23 heavy (non-hydrogen) atoms. The standard InChI is InChI=1S/C15H24N6OS/c1-9(12-20-16-8-21(12)6)17-14(22)18-10(2)13-19-11(7-23-13)15(3,4)5/h7-10H,1-6H3,(H2,17,18,22). The summed E-state index contributed by atoms with van der Waals surface area (Å²) in [5.74, 6) is 0.706. The van der Waals surface area contributed by atoms with Gasteiger partial charge < -0.3 is 15.2 Å². The van der Waals surface area contributed by atoms with Crippen LogP contribution in [0.3, 0.4) is 0 Å². The number of urea groups is 1. The maximum Gasteiger partial charge on any atom is 0.315 e. The van der Waals surface area contributed by atoms with E-state index in [2.05, 4.69) is 46.6 Å². The first-order valence-corrected chi connectivity index (χ1v) is 8.43. The summed E-state index contributed by atoms with van der Waals surface area (Å²) in [7, 11) is 1.84. The summed E-state index contributed by atoms with van der Waals surface area (Å²) in [4.78, 5) is 16.8. The second kappa shape index (κ2) is 6.66. The minimum Gasteiger partial charge on any atom is -0.329 e. The molecule has 0 saturated carbocycles. The van der Waals surface area contributed by atoms with E-state index in [1.54, 1.807) is 22.2 Å². The largest absolute Gasteiger partial charge is 0.329 e. The molecule has 2 N–H and O–H groups in total. The first-order chi connectivity index (χ1) is 10.7. The Balaban J connectivity index is 1.95. The van der Waals surface area contributed by atoms with Crippen molar-refractivity contribution in [1.29, 1.82) is 0 Å². The van der Waals surface area contributed by atoms with Crippen molar-refractivity contribution in [2.24, 2.45) is 7.05 Å². The van der Waals surface area contributed by atoms with Gasteiger partial charge in [-0.1, -0.05) is 20.8 Å². The molecule has 2 unspecified atom stereocenters. The molecule has 2 aromatic rings. The third-order valence-corrected chi connectivity index (χ3v) is 4.52. The van der Waals surface area contributed by atoms with Crippen LogP contribution in [0.25, 0.3) is 0 Å². The van der Waals surface area contributed by atoms with E-state index in [-0.39, 0.29) is 23.5 Å². The minimum atomic E-state index is -0.250. The van der Waals surface area contributed by atoms with Gasteiger partial charge in [0.1, 0.15) is 11.3 Å². The van der Waals surface area contributed by atoms with Crippen LogP contribution in [0.5, 0.6) is 0 Å². The fraction of sp³-hybridized carbons (Fsp3) is 0.600. The van der Waals surface area contributed by atoms with E-state index in [1.165, 1.54) is 0 Å². The molecular weight excluding hydrogens is 312 g/mol. The highest BCUT2D eigenvalue weighted by molar-refractivity contribution is 7.09. The molecule has 0 radical (unpaired) electrons. The number of nitrogens with one attached hydrogen (secondary N) is 2. The lowest BCUT2D eigenvalue weighted by molar-refractivity contribution is 0.234. The summed E-state index contributed by atoms with van der Waals surface area (Å²) in [5.41, 5.74) is 1.05. The molecule has 2 heterocycles. The molecule has 0 saturated heterocycles. The molecule has 2 aromatic heterocycles. The molecular formula is C15H24N6OS. The van der Waals surface area contributed by atoms with Gasteiger partial charge in [0.15, 0.2) is 5.82 Å². The van der Waals surface area contributed by atoms with Crippen LogP contribution in [0, 0.1) is 0 Å². The molecule has 0 spiro atoms. The number of rotatable bonds is 4. The van der Waals surface area contributed by atoms with Crippen LogP contribution in [-0.4, -0.2) is 25.8 Å². The third kappa shape index (κ3) is 4.28. The van der Waals surface area contributed by atoms with Gasteiger partial charge in [-0.25, -0.2) is 9.78 Å². The Morgan fingerprint density at radius 3 is 2.43 bits per heavy atom. The van der Waals surface area contributed by atoms with Crippen molar-refractivity contribution >= 4 is 17.4 Å². The third-order valence-electron chi connectivity index (χ3n) is 3.49. The van der Waals surface area contributed by atoms with Gasteiger partial charge in [-0.15, -0.1) is 21.5 Å². The summed E-state index contributed by atoms with van der Waals surface area (Å²) in [5, 5.41) is 16.5. The highest BCUT2D eigenvalue weighted by Gasteiger charge is 2.21. The first kappa shape index (κ1) is 17.4. The van der Waals surface area contributed by atoms with Gasteiger partial charge in [-0.2, -0.15) is 0 Å². The number of hydrogen-bond acceptors (Lipinski definition) is 5. The van der Waals surface area contributed by atoms with Crippen LogP contribution in [0.15, 0.2) is 11.7 Å². The predicted octanol–water partition coefficient (Wildman–Crippen LogP) is 2.69. The molecule has 2 rings (SSSR count). The smallest absolute Gasteiger partial charge is 0.315 e. The molecule has 7 nitrogen and oxygen atoms in total. The summed E-state index contributed by atoms with van der Waals surface area (Å²) in [6.45, 7) is 10.2. The fourth-order valence-corrected chi connectivity index (χ4v) is 3.13. The van der Waals surface area contributed by atoms with E-state index >= 15 is 0 Å². The summed E-state index contributed by atoms with van der Waals surface area (Å²) in [6, 6.07) is -0.626. The molecule has 2 amide bonds. The van der Waals surface area contributed by atoms with Gasteiger partial charge in [0.2, 0.25) is 0 Å². The zero-order valence-electron chi connectivity index (χ0n) is 14.4. The quantitative estimate of drug-likeness (QED) is 0.899. The fourth-order valence-electron chi connectivity index (χ4n) is 2.08. The number of aromatic nitrogens is 4. The van der Waals surface area contributed by atoms with E-state index < -0.39 is 0 Å². The van der Waals surface area contributed by atoms with Crippen molar-refractivity contribution in [2.75, 3.05) is 0 Å². The second-order valence-electron chi connectivity index (χ2n) is 6.68. The number of amides is 2. The Hall–Kier alpha value is -1.96. The highest BCUT2D eigenvalue weighted by atomic mass is 32.1. The molecule has 2 atom stereocenters. The first-order valence-electron chi connectivity index (χ1n) is 7.55. The average molecular weight is 336 g/mol. The average Bonchev–Trinajstić information content (AvgIpc) is 3.05. The van der Waals surface area contributed by atoms with Crippen LogP contribution in [0.2, 0.25) is 0 Å².